The van der Waals surface area contributed by atoms with Gasteiger partial charge in [-0.1, -0.05) is 29.8 Å². The summed E-state index contributed by atoms with van der Waals surface area (Å²) in [6.07, 6.45) is 1.70. The fraction of sp³-hybridized carbons (Fsp3) is 0.133. The molecule has 3 rings (SSSR count). The Morgan fingerprint density at radius 1 is 1.11 bits per heavy atom. The molecule has 0 fully saturated rings. The summed E-state index contributed by atoms with van der Waals surface area (Å²) in [5.74, 6) is -0.218. The molecule has 0 radical (unpaired) electrons. The van der Waals surface area contributed by atoms with E-state index in [0.29, 0.717) is 17.0 Å². The Bertz CT molecular complexity index is 681. The minimum Gasteiger partial charge on any atom is -0.432 e. The van der Waals surface area contributed by atoms with E-state index < -0.39 is 0 Å². The van der Waals surface area contributed by atoms with E-state index in [1.165, 1.54) is 0 Å². The molecule has 0 saturated heterocycles. The number of nitrogens with zero attached hydrogens (tertiary/aromatic N) is 1. The summed E-state index contributed by atoms with van der Waals surface area (Å²) in [6.45, 7) is 3.78. The second-order valence-corrected chi connectivity index (χ2v) is 4.66. The highest BCUT2D eigenvalue weighted by molar-refractivity contribution is 6.26. The first-order valence-corrected chi connectivity index (χ1v) is 5.92. The highest BCUT2D eigenvalue weighted by atomic mass is 16.4. The number of carbonyl (C=O) groups is 2. The SMILES string of the molecule is CC(C)=Cc1nc2c(o1)C(=O)c1ccccc1C2=O. The summed E-state index contributed by atoms with van der Waals surface area (Å²) < 4.78 is 5.40. The van der Waals surface area contributed by atoms with Gasteiger partial charge >= 0.3 is 0 Å². The largest absolute Gasteiger partial charge is 0.432 e. The summed E-state index contributed by atoms with van der Waals surface area (Å²) in [5.41, 5.74) is 1.85. The number of hydrogen-bond acceptors (Lipinski definition) is 4. The van der Waals surface area contributed by atoms with E-state index in [9.17, 15) is 9.59 Å². The van der Waals surface area contributed by atoms with Crippen LogP contribution in [0.2, 0.25) is 0 Å². The van der Waals surface area contributed by atoms with Crippen LogP contribution < -0.4 is 0 Å². The van der Waals surface area contributed by atoms with Gasteiger partial charge in [0, 0.05) is 11.1 Å². The van der Waals surface area contributed by atoms with Crippen molar-refractivity contribution in [3.8, 4) is 0 Å². The van der Waals surface area contributed by atoms with Crippen LogP contribution in [0.4, 0.5) is 0 Å². The van der Waals surface area contributed by atoms with Gasteiger partial charge in [-0.05, 0) is 19.9 Å². The lowest BCUT2D eigenvalue weighted by Crippen LogP contribution is -2.19. The third-order valence-corrected chi connectivity index (χ3v) is 2.89. The Balaban J connectivity index is 2.21. The standard InChI is InChI=1S/C15H11NO3/c1-8(2)7-11-16-12-13(17)9-5-3-4-6-10(9)14(18)15(12)19-11/h3-7H,1-2H3. The van der Waals surface area contributed by atoms with Gasteiger partial charge in [-0.2, -0.15) is 0 Å². The molecule has 4 heteroatoms. The lowest BCUT2D eigenvalue weighted by molar-refractivity contribution is 0.0958. The Morgan fingerprint density at radius 3 is 2.37 bits per heavy atom. The number of allylic oxidation sites excluding steroid dienone is 1. The van der Waals surface area contributed by atoms with Gasteiger partial charge in [0.25, 0.3) is 0 Å². The Morgan fingerprint density at radius 2 is 1.74 bits per heavy atom. The van der Waals surface area contributed by atoms with Crippen molar-refractivity contribution in [3.63, 3.8) is 0 Å². The lowest BCUT2D eigenvalue weighted by atomic mass is 9.91. The zero-order valence-electron chi connectivity index (χ0n) is 10.6. The Hall–Kier alpha value is -2.49. The molecule has 0 bridgehead atoms. The fourth-order valence-corrected chi connectivity index (χ4v) is 2.08. The maximum absolute atomic E-state index is 12.3. The van der Waals surface area contributed by atoms with Crippen LogP contribution in [0.3, 0.4) is 0 Å². The van der Waals surface area contributed by atoms with Gasteiger partial charge in [0.2, 0.25) is 23.2 Å². The summed E-state index contributed by atoms with van der Waals surface area (Å²) in [4.78, 5) is 28.6. The molecule has 4 nitrogen and oxygen atoms in total. The maximum Gasteiger partial charge on any atom is 0.231 e. The summed E-state index contributed by atoms with van der Waals surface area (Å²) in [6, 6.07) is 6.71. The van der Waals surface area contributed by atoms with Crippen LogP contribution in [0.25, 0.3) is 6.08 Å². The number of aromatic nitrogens is 1. The van der Waals surface area contributed by atoms with Crippen molar-refractivity contribution in [3.05, 3.63) is 58.3 Å². The van der Waals surface area contributed by atoms with E-state index in [1.54, 1.807) is 30.3 Å². The molecular formula is C15H11NO3. The molecule has 19 heavy (non-hydrogen) atoms. The molecule has 0 saturated carbocycles. The van der Waals surface area contributed by atoms with Gasteiger partial charge in [-0.3, -0.25) is 9.59 Å². The number of hydrogen-bond donors (Lipinski definition) is 0. The third kappa shape index (κ3) is 1.73. The van der Waals surface area contributed by atoms with Crippen molar-refractivity contribution in [2.45, 2.75) is 13.8 Å². The van der Waals surface area contributed by atoms with Crippen molar-refractivity contribution in [1.82, 2.24) is 4.98 Å². The Labute approximate surface area is 109 Å². The van der Waals surface area contributed by atoms with Crippen molar-refractivity contribution in [1.29, 1.82) is 0 Å². The number of fused-ring (bicyclic) bond motifs is 2. The topological polar surface area (TPSA) is 60.2 Å². The molecule has 94 valence electrons. The molecular weight excluding hydrogens is 242 g/mol. The molecule has 1 aromatic carbocycles. The van der Waals surface area contributed by atoms with E-state index in [4.69, 9.17) is 4.42 Å². The molecule has 1 heterocycles. The summed E-state index contributed by atoms with van der Waals surface area (Å²) >= 11 is 0. The first-order valence-electron chi connectivity index (χ1n) is 5.92. The molecule has 1 aliphatic rings. The first-order chi connectivity index (χ1) is 9.08. The molecule has 0 spiro atoms. The normalized spacial score (nSPS) is 12.9. The molecule has 0 atom stereocenters. The van der Waals surface area contributed by atoms with Crippen LogP contribution in [0.15, 0.2) is 34.3 Å². The second-order valence-electron chi connectivity index (χ2n) is 4.66. The molecule has 1 aromatic heterocycles. The minimum atomic E-state index is -0.286. The number of benzene rings is 1. The van der Waals surface area contributed by atoms with Gasteiger partial charge in [0.05, 0.1) is 0 Å². The molecule has 1 aliphatic carbocycles. The maximum atomic E-state index is 12.3. The lowest BCUT2D eigenvalue weighted by Gasteiger charge is -2.10. The van der Waals surface area contributed by atoms with Crippen LogP contribution in [0.5, 0.6) is 0 Å². The number of ketones is 2. The summed E-state index contributed by atoms with van der Waals surface area (Å²) in [7, 11) is 0. The Kier molecular flexibility index (Phi) is 2.45. The van der Waals surface area contributed by atoms with E-state index in [1.807, 2.05) is 13.8 Å². The number of oxazole rings is 1. The van der Waals surface area contributed by atoms with Crippen LogP contribution in [0.1, 0.15) is 51.9 Å². The van der Waals surface area contributed by atoms with Crippen LogP contribution in [0, 0.1) is 0 Å². The van der Waals surface area contributed by atoms with Crippen molar-refractivity contribution in [2.24, 2.45) is 0 Å². The van der Waals surface area contributed by atoms with Gasteiger partial charge in [-0.25, -0.2) is 4.98 Å². The predicted octanol–water partition coefficient (Wildman–Crippen LogP) is 2.87. The minimum absolute atomic E-state index is 0.0381. The number of carbonyl (C=O) groups excluding carboxylic acids is 2. The van der Waals surface area contributed by atoms with Crippen LogP contribution >= 0.6 is 0 Å². The molecule has 0 amide bonds. The monoisotopic (exact) mass is 253 g/mol. The molecule has 0 aliphatic heterocycles. The van der Waals surface area contributed by atoms with E-state index in [0.717, 1.165) is 5.57 Å². The van der Waals surface area contributed by atoms with Crippen LogP contribution in [-0.4, -0.2) is 16.6 Å². The zero-order chi connectivity index (χ0) is 13.6. The predicted molar refractivity (Wildman–Crippen MR) is 69.1 cm³/mol. The third-order valence-electron chi connectivity index (χ3n) is 2.89. The highest BCUT2D eigenvalue weighted by Crippen LogP contribution is 2.27. The van der Waals surface area contributed by atoms with Crippen LogP contribution in [-0.2, 0) is 0 Å². The molecule has 2 aromatic rings. The van der Waals surface area contributed by atoms with Gasteiger partial charge in [-0.15, -0.1) is 0 Å². The quantitative estimate of drug-likeness (QED) is 0.669. The van der Waals surface area contributed by atoms with Gasteiger partial charge in [0.1, 0.15) is 0 Å². The van der Waals surface area contributed by atoms with Gasteiger partial charge < -0.3 is 4.42 Å². The smallest absolute Gasteiger partial charge is 0.231 e. The fourth-order valence-electron chi connectivity index (χ4n) is 2.08. The van der Waals surface area contributed by atoms with Crippen molar-refractivity contribution in [2.75, 3.05) is 0 Å². The average Bonchev–Trinajstić information content (AvgIpc) is 2.79. The molecule has 0 unspecified atom stereocenters. The molecule has 0 N–H and O–H groups in total. The van der Waals surface area contributed by atoms with E-state index in [-0.39, 0.29) is 23.0 Å². The average molecular weight is 253 g/mol. The van der Waals surface area contributed by atoms with E-state index in [2.05, 4.69) is 4.98 Å². The van der Waals surface area contributed by atoms with Crippen molar-refractivity contribution >= 4 is 17.6 Å². The van der Waals surface area contributed by atoms with Gasteiger partial charge in [0.15, 0.2) is 5.69 Å². The second kappa shape index (κ2) is 4.02. The zero-order valence-corrected chi connectivity index (χ0v) is 10.6. The van der Waals surface area contributed by atoms with Crippen molar-refractivity contribution < 1.29 is 14.0 Å². The highest BCUT2D eigenvalue weighted by Gasteiger charge is 2.34. The summed E-state index contributed by atoms with van der Waals surface area (Å²) in [5, 5.41) is 0. The first kappa shape index (κ1) is 11.6. The van der Waals surface area contributed by atoms with E-state index >= 15 is 0 Å². The number of rotatable bonds is 1.